The van der Waals surface area contributed by atoms with Gasteiger partial charge in [-0.25, -0.2) is 0 Å². The summed E-state index contributed by atoms with van der Waals surface area (Å²) >= 11 is 4.42. The monoisotopic (exact) mass is 410 g/mol. The van der Waals surface area contributed by atoms with Crippen molar-refractivity contribution in [3.8, 4) is 0 Å². The molecular formula is C17H19IN2S. The van der Waals surface area contributed by atoms with E-state index in [2.05, 4.69) is 64.1 Å². The number of thioether (sulfide) groups is 1. The van der Waals surface area contributed by atoms with Crippen LogP contribution in [-0.2, 0) is 12.8 Å². The molecule has 2 heterocycles. The summed E-state index contributed by atoms with van der Waals surface area (Å²) in [6.45, 7) is 4.42. The molecule has 0 bridgehead atoms. The van der Waals surface area contributed by atoms with Gasteiger partial charge < -0.3 is 5.32 Å². The molecule has 1 atom stereocenters. The van der Waals surface area contributed by atoms with Crippen LogP contribution in [0.3, 0.4) is 0 Å². The topological polar surface area (TPSA) is 24.9 Å². The van der Waals surface area contributed by atoms with Gasteiger partial charge in [0.15, 0.2) is 0 Å². The first-order chi connectivity index (χ1) is 10.3. The van der Waals surface area contributed by atoms with Crippen LogP contribution >= 0.6 is 34.4 Å². The number of pyridine rings is 1. The maximum absolute atomic E-state index is 4.50. The van der Waals surface area contributed by atoms with E-state index in [1.54, 1.807) is 5.56 Å². The van der Waals surface area contributed by atoms with Gasteiger partial charge in [-0.2, -0.15) is 0 Å². The number of fused-ring (bicyclic) bond motifs is 1. The summed E-state index contributed by atoms with van der Waals surface area (Å²) in [6, 6.07) is 10.7. The SMILES string of the molecule is CC(Sc1c(I)ccc2c1CCNCC2)c1ccccn1. The Bertz CT molecular complexity index is 616. The van der Waals surface area contributed by atoms with Crippen molar-refractivity contribution in [2.45, 2.75) is 29.9 Å². The van der Waals surface area contributed by atoms with Gasteiger partial charge >= 0.3 is 0 Å². The molecule has 1 unspecified atom stereocenters. The van der Waals surface area contributed by atoms with Crippen LogP contribution < -0.4 is 5.32 Å². The zero-order valence-corrected chi connectivity index (χ0v) is 15.1. The molecule has 2 nitrogen and oxygen atoms in total. The number of hydrogen-bond donors (Lipinski definition) is 1. The number of aromatic nitrogens is 1. The van der Waals surface area contributed by atoms with E-state index >= 15 is 0 Å². The molecule has 0 aliphatic carbocycles. The standard InChI is InChI=1S/C17H19IN2S/c1-12(16-4-2-3-9-20-16)21-17-14-8-11-19-10-7-13(14)5-6-15(17)18/h2-6,9,12,19H,7-8,10-11H2,1H3. The second-order valence-electron chi connectivity index (χ2n) is 5.28. The lowest BCUT2D eigenvalue weighted by molar-refractivity contribution is 0.709. The molecule has 4 heteroatoms. The highest BCUT2D eigenvalue weighted by Gasteiger charge is 2.18. The third-order valence-electron chi connectivity index (χ3n) is 3.83. The Kier molecular flexibility index (Phi) is 5.19. The van der Waals surface area contributed by atoms with E-state index in [0.717, 1.165) is 31.6 Å². The number of nitrogens with one attached hydrogen (secondary N) is 1. The summed E-state index contributed by atoms with van der Waals surface area (Å²) < 4.78 is 1.36. The van der Waals surface area contributed by atoms with Gasteiger partial charge in [0.2, 0.25) is 0 Å². The quantitative estimate of drug-likeness (QED) is 0.606. The van der Waals surface area contributed by atoms with Crippen molar-refractivity contribution in [2.75, 3.05) is 13.1 Å². The predicted molar refractivity (Wildman–Crippen MR) is 97.9 cm³/mol. The highest BCUT2D eigenvalue weighted by Crippen LogP contribution is 2.40. The number of rotatable bonds is 3. The maximum atomic E-state index is 4.50. The Hall–Kier alpha value is -0.590. The molecule has 0 amide bonds. The third-order valence-corrected chi connectivity index (χ3v) is 6.39. The van der Waals surface area contributed by atoms with Crippen molar-refractivity contribution in [1.29, 1.82) is 0 Å². The summed E-state index contributed by atoms with van der Waals surface area (Å²) in [5.41, 5.74) is 4.21. The van der Waals surface area contributed by atoms with Crippen molar-refractivity contribution >= 4 is 34.4 Å². The van der Waals surface area contributed by atoms with Gasteiger partial charge in [-0.05, 0) is 84.8 Å². The predicted octanol–water partition coefficient (Wildman–Crippen LogP) is 4.23. The highest BCUT2D eigenvalue weighted by atomic mass is 127. The Morgan fingerprint density at radius 3 is 2.86 bits per heavy atom. The minimum Gasteiger partial charge on any atom is -0.316 e. The second kappa shape index (κ2) is 7.11. The molecule has 110 valence electrons. The van der Waals surface area contributed by atoms with Gasteiger partial charge in [-0.3, -0.25) is 4.98 Å². The van der Waals surface area contributed by atoms with Crippen LogP contribution in [0.2, 0.25) is 0 Å². The first-order valence-corrected chi connectivity index (χ1v) is 9.30. The molecule has 21 heavy (non-hydrogen) atoms. The van der Waals surface area contributed by atoms with Crippen molar-refractivity contribution in [3.63, 3.8) is 0 Å². The smallest absolute Gasteiger partial charge is 0.0534 e. The fraction of sp³-hybridized carbons (Fsp3) is 0.353. The lowest BCUT2D eigenvalue weighted by Gasteiger charge is -2.17. The molecule has 2 aromatic rings. The van der Waals surface area contributed by atoms with Crippen LogP contribution in [0.5, 0.6) is 0 Å². The fourth-order valence-electron chi connectivity index (χ4n) is 2.69. The van der Waals surface area contributed by atoms with E-state index in [1.165, 1.54) is 14.0 Å². The summed E-state index contributed by atoms with van der Waals surface area (Å²) in [7, 11) is 0. The van der Waals surface area contributed by atoms with Crippen LogP contribution in [0, 0.1) is 3.57 Å². The lowest BCUT2D eigenvalue weighted by Crippen LogP contribution is -2.16. The van der Waals surface area contributed by atoms with Gasteiger partial charge in [0.25, 0.3) is 0 Å². The number of hydrogen-bond acceptors (Lipinski definition) is 3. The molecule has 0 saturated carbocycles. The van der Waals surface area contributed by atoms with Crippen LogP contribution in [0.25, 0.3) is 0 Å². The summed E-state index contributed by atoms with van der Waals surface area (Å²) in [5, 5.41) is 3.88. The van der Waals surface area contributed by atoms with Gasteiger partial charge in [-0.1, -0.05) is 12.1 Å². The minimum absolute atomic E-state index is 0.377. The Labute approximate surface area is 144 Å². The van der Waals surface area contributed by atoms with Gasteiger partial charge in [-0.15, -0.1) is 11.8 Å². The lowest BCUT2D eigenvalue weighted by atomic mass is 10.0. The van der Waals surface area contributed by atoms with E-state index in [4.69, 9.17) is 0 Å². The summed E-state index contributed by atoms with van der Waals surface area (Å²) in [6.07, 6.45) is 4.15. The van der Waals surface area contributed by atoms with Crippen molar-refractivity contribution in [1.82, 2.24) is 10.3 Å². The third kappa shape index (κ3) is 3.60. The molecule has 0 saturated heterocycles. The van der Waals surface area contributed by atoms with Crippen molar-refractivity contribution in [3.05, 3.63) is 56.9 Å². The molecule has 0 radical (unpaired) electrons. The van der Waals surface area contributed by atoms with Gasteiger partial charge in [0.1, 0.15) is 0 Å². The van der Waals surface area contributed by atoms with Crippen LogP contribution in [0.15, 0.2) is 41.4 Å². The zero-order chi connectivity index (χ0) is 14.7. The maximum Gasteiger partial charge on any atom is 0.0534 e. The Morgan fingerprint density at radius 2 is 2.05 bits per heavy atom. The molecule has 1 aromatic carbocycles. The first kappa shape index (κ1) is 15.3. The molecule has 1 aromatic heterocycles. The Balaban J connectivity index is 1.91. The molecular weight excluding hydrogens is 391 g/mol. The number of nitrogens with zero attached hydrogens (tertiary/aromatic N) is 1. The van der Waals surface area contributed by atoms with E-state index in [1.807, 2.05) is 24.0 Å². The molecule has 3 rings (SSSR count). The van der Waals surface area contributed by atoms with Gasteiger partial charge in [0, 0.05) is 19.9 Å². The average molecular weight is 410 g/mol. The Morgan fingerprint density at radius 1 is 1.19 bits per heavy atom. The van der Waals surface area contributed by atoms with E-state index in [-0.39, 0.29) is 0 Å². The van der Waals surface area contributed by atoms with Crippen molar-refractivity contribution < 1.29 is 0 Å². The molecule has 0 spiro atoms. The summed E-state index contributed by atoms with van der Waals surface area (Å²) in [5.74, 6) is 0. The van der Waals surface area contributed by atoms with Crippen LogP contribution in [-0.4, -0.2) is 18.1 Å². The molecule has 1 N–H and O–H groups in total. The minimum atomic E-state index is 0.377. The largest absolute Gasteiger partial charge is 0.316 e. The van der Waals surface area contributed by atoms with E-state index < -0.39 is 0 Å². The normalized spacial score (nSPS) is 16.1. The zero-order valence-electron chi connectivity index (χ0n) is 12.1. The fourth-order valence-corrected chi connectivity index (χ4v) is 4.75. The van der Waals surface area contributed by atoms with E-state index in [0.29, 0.717) is 5.25 Å². The highest BCUT2D eigenvalue weighted by molar-refractivity contribution is 14.1. The average Bonchev–Trinajstić information content (AvgIpc) is 2.76. The van der Waals surface area contributed by atoms with Crippen LogP contribution in [0.1, 0.15) is 29.0 Å². The van der Waals surface area contributed by atoms with E-state index in [9.17, 15) is 0 Å². The number of benzene rings is 1. The molecule has 0 fully saturated rings. The summed E-state index contributed by atoms with van der Waals surface area (Å²) in [4.78, 5) is 5.95. The molecule has 1 aliphatic rings. The second-order valence-corrected chi connectivity index (χ2v) is 7.79. The van der Waals surface area contributed by atoms with Crippen LogP contribution in [0.4, 0.5) is 0 Å². The van der Waals surface area contributed by atoms with Gasteiger partial charge in [0.05, 0.1) is 5.69 Å². The van der Waals surface area contributed by atoms with Crippen molar-refractivity contribution in [2.24, 2.45) is 0 Å². The molecule has 1 aliphatic heterocycles. The number of halogens is 1. The first-order valence-electron chi connectivity index (χ1n) is 7.34.